The zero-order valence-corrected chi connectivity index (χ0v) is 13.7. The van der Waals surface area contributed by atoms with E-state index < -0.39 is 10.2 Å². The van der Waals surface area contributed by atoms with Crippen LogP contribution in [0.3, 0.4) is 0 Å². The van der Waals surface area contributed by atoms with E-state index in [9.17, 15) is 8.42 Å². The van der Waals surface area contributed by atoms with E-state index in [-0.39, 0.29) is 0 Å². The van der Waals surface area contributed by atoms with Crippen LogP contribution in [-0.2, 0) is 10.2 Å². The van der Waals surface area contributed by atoms with Gasteiger partial charge in [-0.3, -0.25) is 0 Å². The molecule has 0 heterocycles. The number of hydrogen-bond donors (Lipinski definition) is 1. The van der Waals surface area contributed by atoms with Crippen molar-refractivity contribution in [3.8, 4) is 0 Å². The van der Waals surface area contributed by atoms with Crippen LogP contribution in [0.4, 0.5) is 0 Å². The topological polar surface area (TPSA) is 52.7 Å². The smallest absolute Gasteiger partial charge is 0.281 e. The molecule has 1 N–H and O–H groups in total. The molecule has 1 fully saturated rings. The quantitative estimate of drug-likeness (QED) is 0.648. The molecule has 1 aliphatic carbocycles. The Morgan fingerprint density at radius 1 is 1.26 bits per heavy atom. The first-order chi connectivity index (χ1) is 8.75. The van der Waals surface area contributed by atoms with E-state index in [1.165, 1.54) is 8.61 Å². The molecule has 1 saturated carbocycles. The monoisotopic (exact) mass is 291 g/mol. The summed E-state index contributed by atoms with van der Waals surface area (Å²) >= 11 is 0. The molecule has 19 heavy (non-hydrogen) atoms. The average Bonchev–Trinajstić information content (AvgIpc) is 2.99. The van der Waals surface area contributed by atoms with Crippen LogP contribution in [0.25, 0.3) is 0 Å². The molecule has 0 aromatic heterocycles. The Kier molecular flexibility index (Phi) is 6.23. The minimum absolute atomic E-state index is 0.445. The van der Waals surface area contributed by atoms with Crippen LogP contribution in [0, 0.1) is 11.8 Å². The van der Waals surface area contributed by atoms with Crippen molar-refractivity contribution in [3.05, 3.63) is 0 Å². The highest BCUT2D eigenvalue weighted by Gasteiger charge is 2.36. The average molecular weight is 291 g/mol. The normalized spacial score (nSPS) is 23.6. The Morgan fingerprint density at radius 3 is 2.32 bits per heavy atom. The zero-order valence-electron chi connectivity index (χ0n) is 12.9. The maximum atomic E-state index is 12.3. The molecule has 5 nitrogen and oxygen atoms in total. The Bertz CT molecular complexity index is 370. The lowest BCUT2D eigenvalue weighted by Gasteiger charge is -2.24. The fourth-order valence-electron chi connectivity index (χ4n) is 2.12. The van der Waals surface area contributed by atoms with E-state index in [1.807, 2.05) is 0 Å². The van der Waals surface area contributed by atoms with Gasteiger partial charge in [-0.1, -0.05) is 20.8 Å². The van der Waals surface area contributed by atoms with E-state index in [1.54, 1.807) is 14.1 Å². The molecule has 0 aliphatic heterocycles. The molecule has 0 bridgehead atoms. The summed E-state index contributed by atoms with van der Waals surface area (Å²) in [5.74, 6) is 1.23. The molecule has 0 aromatic carbocycles. The largest absolute Gasteiger partial charge is 0.314 e. The molecule has 2 unspecified atom stereocenters. The van der Waals surface area contributed by atoms with Crippen molar-refractivity contribution in [2.75, 3.05) is 33.7 Å². The molecule has 114 valence electrons. The minimum atomic E-state index is -3.28. The standard InChI is InChI=1S/C13H29N3O2S/c1-11(2)14-7-6-8-15(4)19(17,18)16(5)10-13-9-12(13)3/h11-14H,6-10H2,1-5H3. The minimum Gasteiger partial charge on any atom is -0.314 e. The molecule has 0 saturated heterocycles. The van der Waals surface area contributed by atoms with Crippen molar-refractivity contribution in [1.29, 1.82) is 0 Å². The van der Waals surface area contributed by atoms with Crippen molar-refractivity contribution in [3.63, 3.8) is 0 Å². The van der Waals surface area contributed by atoms with Gasteiger partial charge in [-0.25, -0.2) is 0 Å². The van der Waals surface area contributed by atoms with Gasteiger partial charge in [0, 0.05) is 33.2 Å². The van der Waals surface area contributed by atoms with E-state index in [0.717, 1.165) is 19.4 Å². The van der Waals surface area contributed by atoms with Crippen LogP contribution in [0.5, 0.6) is 0 Å². The van der Waals surface area contributed by atoms with E-state index in [4.69, 9.17) is 0 Å². The van der Waals surface area contributed by atoms with Gasteiger partial charge in [0.25, 0.3) is 10.2 Å². The summed E-state index contributed by atoms with van der Waals surface area (Å²) < 4.78 is 27.5. The molecular weight excluding hydrogens is 262 g/mol. The fourth-order valence-corrected chi connectivity index (χ4v) is 3.34. The Hall–Kier alpha value is -0.170. The Labute approximate surface area is 118 Å². The highest BCUT2D eigenvalue weighted by atomic mass is 32.2. The summed E-state index contributed by atoms with van der Waals surface area (Å²) in [7, 11) is 0.0687. The third kappa shape index (κ3) is 5.38. The van der Waals surface area contributed by atoms with Crippen LogP contribution in [0.1, 0.15) is 33.6 Å². The first kappa shape index (κ1) is 16.9. The molecule has 1 aliphatic rings. The predicted octanol–water partition coefficient (Wildman–Crippen LogP) is 1.14. The van der Waals surface area contributed by atoms with Crippen molar-refractivity contribution in [2.45, 2.75) is 39.7 Å². The number of nitrogens with zero attached hydrogens (tertiary/aromatic N) is 2. The highest BCUT2D eigenvalue weighted by molar-refractivity contribution is 7.86. The van der Waals surface area contributed by atoms with Crippen LogP contribution in [-0.4, -0.2) is 56.8 Å². The van der Waals surface area contributed by atoms with Gasteiger partial charge in [0.2, 0.25) is 0 Å². The molecule has 2 atom stereocenters. The summed E-state index contributed by atoms with van der Waals surface area (Å²) in [6.45, 7) is 8.41. The van der Waals surface area contributed by atoms with Gasteiger partial charge < -0.3 is 5.32 Å². The lowest BCUT2D eigenvalue weighted by molar-refractivity contribution is 0.375. The maximum Gasteiger partial charge on any atom is 0.281 e. The molecule has 0 amide bonds. The van der Waals surface area contributed by atoms with Crippen LogP contribution in [0.15, 0.2) is 0 Å². The lowest BCUT2D eigenvalue weighted by Crippen LogP contribution is -2.41. The third-order valence-electron chi connectivity index (χ3n) is 3.76. The van der Waals surface area contributed by atoms with Crippen molar-refractivity contribution in [2.24, 2.45) is 11.8 Å². The molecule has 0 aromatic rings. The van der Waals surface area contributed by atoms with Crippen molar-refractivity contribution < 1.29 is 8.42 Å². The first-order valence-corrected chi connectivity index (χ1v) is 8.55. The zero-order chi connectivity index (χ0) is 14.6. The first-order valence-electron chi connectivity index (χ1n) is 7.16. The Balaban J connectivity index is 2.33. The maximum absolute atomic E-state index is 12.3. The number of nitrogens with one attached hydrogen (secondary N) is 1. The molecule has 1 rings (SSSR count). The molecule has 6 heteroatoms. The van der Waals surface area contributed by atoms with Crippen LogP contribution < -0.4 is 5.32 Å². The SMILES string of the molecule is CC(C)NCCCN(C)S(=O)(=O)N(C)CC1CC1C. The van der Waals surface area contributed by atoms with Gasteiger partial charge in [0.1, 0.15) is 0 Å². The Morgan fingerprint density at radius 2 is 1.84 bits per heavy atom. The summed E-state index contributed by atoms with van der Waals surface area (Å²) in [4.78, 5) is 0. The second-order valence-electron chi connectivity index (χ2n) is 6.05. The summed E-state index contributed by atoms with van der Waals surface area (Å²) in [6, 6.07) is 0.445. The van der Waals surface area contributed by atoms with Gasteiger partial charge in [-0.2, -0.15) is 17.0 Å². The second-order valence-corrected chi connectivity index (χ2v) is 8.19. The number of rotatable bonds is 9. The van der Waals surface area contributed by atoms with Gasteiger partial charge in [0.05, 0.1) is 0 Å². The summed E-state index contributed by atoms with van der Waals surface area (Å²) in [6.07, 6.45) is 1.99. The van der Waals surface area contributed by atoms with Crippen molar-refractivity contribution in [1.82, 2.24) is 13.9 Å². The lowest BCUT2D eigenvalue weighted by atomic mass is 10.3. The molecule has 0 spiro atoms. The third-order valence-corrected chi connectivity index (χ3v) is 5.66. The highest BCUT2D eigenvalue weighted by Crippen LogP contribution is 2.38. The van der Waals surface area contributed by atoms with Crippen LogP contribution >= 0.6 is 0 Å². The molecular formula is C13H29N3O2S. The van der Waals surface area contributed by atoms with E-state index in [0.29, 0.717) is 31.0 Å². The van der Waals surface area contributed by atoms with Gasteiger partial charge in [0.15, 0.2) is 0 Å². The van der Waals surface area contributed by atoms with Crippen molar-refractivity contribution >= 4 is 10.2 Å². The van der Waals surface area contributed by atoms with Gasteiger partial charge in [-0.15, -0.1) is 0 Å². The van der Waals surface area contributed by atoms with Gasteiger partial charge in [-0.05, 0) is 31.2 Å². The van der Waals surface area contributed by atoms with Gasteiger partial charge >= 0.3 is 0 Å². The molecule has 0 radical (unpaired) electrons. The summed E-state index contributed by atoms with van der Waals surface area (Å²) in [5, 5.41) is 3.29. The predicted molar refractivity (Wildman–Crippen MR) is 79.2 cm³/mol. The van der Waals surface area contributed by atoms with Crippen LogP contribution in [0.2, 0.25) is 0 Å². The number of hydrogen-bond acceptors (Lipinski definition) is 3. The second kappa shape index (κ2) is 7.02. The van der Waals surface area contributed by atoms with E-state index in [2.05, 4.69) is 26.1 Å². The van der Waals surface area contributed by atoms with E-state index >= 15 is 0 Å². The fraction of sp³-hybridized carbons (Fsp3) is 1.00. The summed E-state index contributed by atoms with van der Waals surface area (Å²) in [5.41, 5.74) is 0.